The number of amides is 2. The maximum Gasteiger partial charge on any atom is 0.276 e. The summed E-state index contributed by atoms with van der Waals surface area (Å²) in [6.45, 7) is 3.94. The maximum atomic E-state index is 12.7. The molecule has 3 aromatic rings. The first-order chi connectivity index (χ1) is 15.6. The molecule has 0 aliphatic carbocycles. The Labute approximate surface area is 191 Å². The summed E-state index contributed by atoms with van der Waals surface area (Å²) < 4.78 is 5.36. The Morgan fingerprint density at radius 1 is 1.03 bits per heavy atom. The third kappa shape index (κ3) is 5.36. The fourth-order valence-corrected chi connectivity index (χ4v) is 3.60. The Morgan fingerprint density at radius 2 is 1.75 bits per heavy atom. The Kier molecular flexibility index (Phi) is 6.87. The summed E-state index contributed by atoms with van der Waals surface area (Å²) in [6, 6.07) is 16.4. The lowest BCUT2D eigenvalue weighted by molar-refractivity contribution is 0.0642. The summed E-state index contributed by atoms with van der Waals surface area (Å²) in [5, 5.41) is 5.85. The highest BCUT2D eigenvalue weighted by molar-refractivity contribution is 6.03. The number of hydrogen-bond donors (Lipinski definition) is 2. The smallest absolute Gasteiger partial charge is 0.276 e. The second-order valence-electron chi connectivity index (χ2n) is 7.85. The minimum atomic E-state index is -0.313. The molecule has 0 atom stereocenters. The van der Waals surface area contributed by atoms with Crippen LogP contribution in [0.5, 0.6) is 0 Å². The fourth-order valence-electron chi connectivity index (χ4n) is 3.60. The van der Waals surface area contributed by atoms with E-state index in [4.69, 9.17) is 4.74 Å². The van der Waals surface area contributed by atoms with Gasteiger partial charge >= 0.3 is 0 Å². The minimum Gasteiger partial charge on any atom is -0.381 e. The van der Waals surface area contributed by atoms with Crippen LogP contribution in [0.25, 0.3) is 11.3 Å². The van der Waals surface area contributed by atoms with Crippen LogP contribution < -0.4 is 10.6 Å². The van der Waals surface area contributed by atoms with Crippen LogP contribution in [-0.4, -0.2) is 41.5 Å². The summed E-state index contributed by atoms with van der Waals surface area (Å²) >= 11 is 0. The van der Waals surface area contributed by atoms with E-state index in [1.807, 2.05) is 42.5 Å². The highest BCUT2D eigenvalue weighted by Crippen LogP contribution is 2.20. The Hall–Kier alpha value is -3.58. The van der Waals surface area contributed by atoms with Crippen molar-refractivity contribution in [3.05, 3.63) is 77.7 Å². The van der Waals surface area contributed by atoms with Gasteiger partial charge in [-0.15, -0.1) is 0 Å². The Bertz CT molecular complexity index is 1090. The highest BCUT2D eigenvalue weighted by Gasteiger charge is 2.16. The molecule has 1 aromatic heterocycles. The molecule has 1 saturated heterocycles. The second kappa shape index (κ2) is 10.2. The van der Waals surface area contributed by atoms with Gasteiger partial charge in [-0.2, -0.15) is 0 Å². The lowest BCUT2D eigenvalue weighted by atomic mass is 10.0. The molecule has 0 saturated carbocycles. The van der Waals surface area contributed by atoms with E-state index in [-0.39, 0.29) is 21.8 Å². The number of hydrogen-bond acceptors (Lipinski definition) is 5. The molecule has 1 fully saturated rings. The van der Waals surface area contributed by atoms with Crippen molar-refractivity contribution in [1.82, 2.24) is 15.3 Å². The molecule has 2 heterocycles. The molecule has 1 aliphatic heterocycles. The molecule has 0 bridgehead atoms. The summed E-state index contributed by atoms with van der Waals surface area (Å²) in [5.74, 6) is 0.0587. The van der Waals surface area contributed by atoms with Gasteiger partial charge in [-0.3, -0.25) is 14.6 Å². The molecule has 0 spiro atoms. The number of aromatic nitrogens is 2. The van der Waals surface area contributed by atoms with Crippen LogP contribution in [-0.2, 0) is 4.74 Å². The first kappa shape index (κ1) is 21.6. The maximum absolute atomic E-state index is 12.7. The summed E-state index contributed by atoms with van der Waals surface area (Å²) in [4.78, 5) is 34.0. The Morgan fingerprint density at radius 3 is 2.47 bits per heavy atom. The van der Waals surface area contributed by atoms with Crippen LogP contribution in [0.2, 0.25) is 0 Å². The molecular weight excluding hydrogens is 404 g/mol. The first-order valence-electron chi connectivity index (χ1n) is 10.8. The lowest BCUT2D eigenvalue weighted by Gasteiger charge is -2.22. The number of aryl methyl sites for hydroxylation is 1. The van der Waals surface area contributed by atoms with E-state index in [9.17, 15) is 9.59 Å². The van der Waals surface area contributed by atoms with Crippen LogP contribution in [0.3, 0.4) is 0 Å². The first-order valence-corrected chi connectivity index (χ1v) is 10.8. The van der Waals surface area contributed by atoms with Crippen LogP contribution in [0.4, 0.5) is 5.69 Å². The predicted molar refractivity (Wildman–Crippen MR) is 129 cm³/mol. The topological polar surface area (TPSA) is 93.2 Å². The van der Waals surface area contributed by atoms with Gasteiger partial charge in [-0.05, 0) is 49.9 Å². The van der Waals surface area contributed by atoms with E-state index in [1.54, 1.807) is 25.3 Å². The average Bonchev–Trinajstić information content (AvgIpc) is 2.84. The van der Waals surface area contributed by atoms with Crippen molar-refractivity contribution < 1.29 is 18.6 Å². The number of carbonyl (C=O) groups excluding carboxylic acids is 2. The fraction of sp³-hybridized carbons (Fsp3) is 0.280. The molecule has 2 N–H and O–H groups in total. The van der Waals surface area contributed by atoms with Crippen molar-refractivity contribution >= 4 is 17.5 Å². The average molecular weight is 437 g/mol. The van der Waals surface area contributed by atoms with Gasteiger partial charge < -0.3 is 15.4 Å². The van der Waals surface area contributed by atoms with Gasteiger partial charge in [0.2, 0.25) is 0 Å². The van der Waals surface area contributed by atoms with Gasteiger partial charge in [0.1, 0.15) is 5.69 Å². The van der Waals surface area contributed by atoms with Gasteiger partial charge in [0.05, 0.1) is 17.6 Å². The van der Waals surface area contributed by atoms with E-state index in [2.05, 4.69) is 20.6 Å². The van der Waals surface area contributed by atoms with Crippen molar-refractivity contribution in [3.8, 4) is 11.3 Å². The van der Waals surface area contributed by atoms with E-state index in [0.717, 1.165) is 31.6 Å². The number of ether oxygens (including phenoxy) is 1. The van der Waals surface area contributed by atoms with Crippen LogP contribution in [0.1, 0.15) is 43.7 Å². The van der Waals surface area contributed by atoms with Crippen LogP contribution >= 0.6 is 0 Å². The number of rotatable bonds is 6. The van der Waals surface area contributed by atoms with Crippen LogP contribution in [0, 0.1) is 12.8 Å². The van der Waals surface area contributed by atoms with Crippen molar-refractivity contribution in [1.29, 1.82) is 0 Å². The number of carbonyl (C=O) groups is 2. The standard InChI is InChI=1S/C25H26N4O3.3H2/c1-17-23(25(31)28-21-5-3-2-4-6-21)29-22(16-26-17)19-7-9-20(10-8-19)24(30)27-15-18-11-13-32-14-12-18;;;/h2-10,16,18H,11-15H2,1H3,(H,27,30)(H,28,31);3*1H. The third-order valence-electron chi connectivity index (χ3n) is 5.54. The number of anilines is 1. The zero-order chi connectivity index (χ0) is 22.3. The number of nitrogens with one attached hydrogen (secondary N) is 2. The molecule has 2 aromatic carbocycles. The molecule has 1 aliphatic rings. The lowest BCUT2D eigenvalue weighted by Crippen LogP contribution is -2.32. The minimum absolute atomic E-state index is 0. The van der Waals surface area contributed by atoms with E-state index < -0.39 is 0 Å². The summed E-state index contributed by atoms with van der Waals surface area (Å²) in [7, 11) is 0. The van der Waals surface area contributed by atoms with Crippen LogP contribution in [0.15, 0.2) is 60.8 Å². The summed E-state index contributed by atoms with van der Waals surface area (Å²) in [5.41, 5.74) is 3.45. The highest BCUT2D eigenvalue weighted by atomic mass is 16.5. The van der Waals surface area contributed by atoms with Crippen molar-refractivity contribution in [3.63, 3.8) is 0 Å². The van der Waals surface area contributed by atoms with Crippen molar-refractivity contribution in [2.24, 2.45) is 5.92 Å². The quantitative estimate of drug-likeness (QED) is 0.589. The second-order valence-corrected chi connectivity index (χ2v) is 7.85. The van der Waals surface area contributed by atoms with Gasteiger partial charge in [-0.1, -0.05) is 30.3 Å². The molecule has 7 heteroatoms. The van der Waals surface area contributed by atoms with Gasteiger partial charge in [0.15, 0.2) is 0 Å². The number of para-hydroxylation sites is 1. The molecule has 4 rings (SSSR count). The molecular formula is C25H32N4O3. The molecule has 32 heavy (non-hydrogen) atoms. The number of nitrogens with zero attached hydrogens (tertiary/aromatic N) is 2. The third-order valence-corrected chi connectivity index (χ3v) is 5.54. The molecule has 0 radical (unpaired) electrons. The normalized spacial score (nSPS) is 14.0. The zero-order valence-corrected chi connectivity index (χ0v) is 18.0. The van der Waals surface area contributed by atoms with Crippen molar-refractivity contribution in [2.75, 3.05) is 25.1 Å². The SMILES string of the molecule is Cc1ncc(-c2ccc(C(=O)NCC3CCOCC3)cc2)nc1C(=O)Nc1ccccc1.[HH].[HH].[HH]. The number of benzene rings is 2. The van der Waals surface area contributed by atoms with Gasteiger partial charge in [0, 0.05) is 40.9 Å². The van der Waals surface area contributed by atoms with Gasteiger partial charge in [-0.25, -0.2) is 4.98 Å². The monoisotopic (exact) mass is 436 g/mol. The molecule has 0 unspecified atom stereocenters. The molecule has 170 valence electrons. The van der Waals surface area contributed by atoms with E-state index in [1.165, 1.54) is 0 Å². The Balaban J connectivity index is 0.00000204. The largest absolute Gasteiger partial charge is 0.381 e. The zero-order valence-electron chi connectivity index (χ0n) is 18.0. The van der Waals surface area contributed by atoms with Gasteiger partial charge in [0.25, 0.3) is 11.8 Å². The molecule has 2 amide bonds. The summed E-state index contributed by atoms with van der Waals surface area (Å²) in [6.07, 6.45) is 3.59. The van der Waals surface area contributed by atoms with Crippen molar-refractivity contribution in [2.45, 2.75) is 19.8 Å². The molecule has 7 nitrogen and oxygen atoms in total. The van der Waals surface area contributed by atoms with E-state index >= 15 is 0 Å². The van der Waals surface area contributed by atoms with E-state index in [0.29, 0.717) is 35.1 Å². The predicted octanol–water partition coefficient (Wildman–Crippen LogP) is 4.60.